The molecule has 2 atom stereocenters. The maximum atomic E-state index is 6.04. The molecule has 0 radical (unpaired) electrons. The van der Waals surface area contributed by atoms with Crippen molar-refractivity contribution in [3.8, 4) is 0 Å². The first-order valence-electron chi connectivity index (χ1n) is 6.11. The number of nitrogens with two attached hydrogens (primary N) is 1. The van der Waals surface area contributed by atoms with Crippen LogP contribution in [0.25, 0.3) is 0 Å². The van der Waals surface area contributed by atoms with E-state index in [-0.39, 0.29) is 6.04 Å². The van der Waals surface area contributed by atoms with E-state index in [9.17, 15) is 0 Å². The molecular weight excluding hydrogens is 198 g/mol. The quantitative estimate of drug-likeness (QED) is 0.768. The van der Waals surface area contributed by atoms with Gasteiger partial charge in [0.05, 0.1) is 13.2 Å². The smallest absolute Gasteiger partial charge is 0.0717 e. The summed E-state index contributed by atoms with van der Waals surface area (Å²) in [5.74, 6) is 0.542. The van der Waals surface area contributed by atoms with Gasteiger partial charge in [0.15, 0.2) is 0 Å². The molecule has 2 N–H and O–H groups in total. The van der Waals surface area contributed by atoms with Crippen molar-refractivity contribution in [2.45, 2.75) is 39.3 Å². The van der Waals surface area contributed by atoms with E-state index in [0.29, 0.717) is 19.1 Å². The van der Waals surface area contributed by atoms with Gasteiger partial charge in [-0.3, -0.25) is 0 Å². The van der Waals surface area contributed by atoms with Crippen molar-refractivity contribution in [2.24, 2.45) is 11.7 Å². The van der Waals surface area contributed by atoms with Crippen molar-refractivity contribution in [1.29, 1.82) is 0 Å². The van der Waals surface area contributed by atoms with Crippen LogP contribution in [-0.4, -0.2) is 12.6 Å². The average molecular weight is 221 g/mol. The minimum Gasteiger partial charge on any atom is -0.375 e. The minimum absolute atomic E-state index is 0.156. The summed E-state index contributed by atoms with van der Waals surface area (Å²) in [6.45, 7) is 5.69. The number of benzene rings is 1. The Morgan fingerprint density at radius 2 is 1.94 bits per heavy atom. The molecule has 0 heterocycles. The molecule has 0 fully saturated rings. The SMILES string of the molecule is CCCC(C)C(N)COCc1ccccc1. The Morgan fingerprint density at radius 3 is 2.56 bits per heavy atom. The molecule has 0 aromatic heterocycles. The molecule has 0 bridgehead atoms. The molecule has 0 saturated carbocycles. The van der Waals surface area contributed by atoms with Crippen LogP contribution in [0.4, 0.5) is 0 Å². The monoisotopic (exact) mass is 221 g/mol. The Bertz CT molecular complexity index is 273. The van der Waals surface area contributed by atoms with Gasteiger partial charge >= 0.3 is 0 Å². The van der Waals surface area contributed by atoms with E-state index in [4.69, 9.17) is 10.5 Å². The van der Waals surface area contributed by atoms with Crippen LogP contribution < -0.4 is 5.73 Å². The van der Waals surface area contributed by atoms with Crippen LogP contribution in [0.1, 0.15) is 32.3 Å². The van der Waals surface area contributed by atoms with Crippen LogP contribution in [0.15, 0.2) is 30.3 Å². The second kappa shape index (κ2) is 7.42. The Morgan fingerprint density at radius 1 is 1.25 bits per heavy atom. The van der Waals surface area contributed by atoms with E-state index in [1.54, 1.807) is 0 Å². The lowest BCUT2D eigenvalue weighted by molar-refractivity contribution is 0.0939. The second-order valence-corrected chi connectivity index (χ2v) is 4.43. The highest BCUT2D eigenvalue weighted by atomic mass is 16.5. The lowest BCUT2D eigenvalue weighted by Crippen LogP contribution is -2.33. The van der Waals surface area contributed by atoms with Gasteiger partial charge in [0, 0.05) is 6.04 Å². The van der Waals surface area contributed by atoms with E-state index in [2.05, 4.69) is 26.0 Å². The first-order valence-corrected chi connectivity index (χ1v) is 6.11. The van der Waals surface area contributed by atoms with Gasteiger partial charge in [-0.25, -0.2) is 0 Å². The van der Waals surface area contributed by atoms with Gasteiger partial charge in [0.25, 0.3) is 0 Å². The molecule has 1 aromatic rings. The zero-order chi connectivity index (χ0) is 11.8. The summed E-state index contributed by atoms with van der Waals surface area (Å²) in [6.07, 6.45) is 2.36. The molecule has 2 nitrogen and oxygen atoms in total. The predicted octanol–water partition coefficient (Wildman–Crippen LogP) is 2.97. The second-order valence-electron chi connectivity index (χ2n) is 4.43. The van der Waals surface area contributed by atoms with Crippen LogP contribution in [0.3, 0.4) is 0 Å². The molecule has 2 heteroatoms. The molecule has 90 valence electrons. The maximum Gasteiger partial charge on any atom is 0.0717 e. The molecule has 0 spiro atoms. The van der Waals surface area contributed by atoms with E-state index >= 15 is 0 Å². The molecule has 0 amide bonds. The summed E-state index contributed by atoms with van der Waals surface area (Å²) >= 11 is 0. The zero-order valence-electron chi connectivity index (χ0n) is 10.4. The third-order valence-corrected chi connectivity index (χ3v) is 2.90. The number of ether oxygens (including phenoxy) is 1. The Labute approximate surface area is 98.8 Å². The highest BCUT2D eigenvalue weighted by Crippen LogP contribution is 2.10. The molecule has 0 saturated heterocycles. The van der Waals surface area contributed by atoms with Gasteiger partial charge in [0.1, 0.15) is 0 Å². The fraction of sp³-hybridized carbons (Fsp3) is 0.571. The van der Waals surface area contributed by atoms with Crippen LogP contribution in [0.2, 0.25) is 0 Å². The molecule has 16 heavy (non-hydrogen) atoms. The first kappa shape index (κ1) is 13.2. The Hall–Kier alpha value is -0.860. The summed E-state index contributed by atoms with van der Waals surface area (Å²) in [5, 5.41) is 0. The largest absolute Gasteiger partial charge is 0.375 e. The lowest BCUT2D eigenvalue weighted by Gasteiger charge is -2.19. The predicted molar refractivity (Wildman–Crippen MR) is 68.1 cm³/mol. The van der Waals surface area contributed by atoms with Crippen molar-refractivity contribution < 1.29 is 4.74 Å². The van der Waals surface area contributed by atoms with Crippen molar-refractivity contribution in [3.05, 3.63) is 35.9 Å². The van der Waals surface area contributed by atoms with Crippen LogP contribution in [0, 0.1) is 5.92 Å². The number of rotatable bonds is 7. The number of hydrogen-bond acceptors (Lipinski definition) is 2. The van der Waals surface area contributed by atoms with Gasteiger partial charge < -0.3 is 10.5 Å². The zero-order valence-corrected chi connectivity index (χ0v) is 10.4. The third kappa shape index (κ3) is 4.77. The molecular formula is C14H23NO. The maximum absolute atomic E-state index is 6.04. The first-order chi connectivity index (χ1) is 7.74. The average Bonchev–Trinajstić information content (AvgIpc) is 2.30. The molecule has 0 aliphatic carbocycles. The third-order valence-electron chi connectivity index (χ3n) is 2.90. The van der Waals surface area contributed by atoms with E-state index in [1.807, 2.05) is 18.2 Å². The fourth-order valence-corrected chi connectivity index (χ4v) is 1.72. The fourth-order valence-electron chi connectivity index (χ4n) is 1.72. The highest BCUT2D eigenvalue weighted by molar-refractivity contribution is 5.13. The van der Waals surface area contributed by atoms with Crippen molar-refractivity contribution in [3.63, 3.8) is 0 Å². The number of hydrogen-bond donors (Lipinski definition) is 1. The van der Waals surface area contributed by atoms with Gasteiger partial charge in [-0.1, -0.05) is 50.6 Å². The van der Waals surface area contributed by atoms with Crippen molar-refractivity contribution in [2.75, 3.05) is 6.61 Å². The molecule has 1 aromatic carbocycles. The topological polar surface area (TPSA) is 35.2 Å². The van der Waals surface area contributed by atoms with Gasteiger partial charge in [-0.2, -0.15) is 0 Å². The standard InChI is InChI=1S/C14H23NO/c1-3-7-12(2)14(15)11-16-10-13-8-5-4-6-9-13/h4-6,8-9,12,14H,3,7,10-11,15H2,1-2H3. The summed E-state index contributed by atoms with van der Waals surface area (Å²) in [4.78, 5) is 0. The minimum atomic E-state index is 0.156. The van der Waals surface area contributed by atoms with E-state index in [1.165, 1.54) is 18.4 Å². The highest BCUT2D eigenvalue weighted by Gasteiger charge is 2.11. The van der Waals surface area contributed by atoms with E-state index in [0.717, 1.165) is 0 Å². The van der Waals surface area contributed by atoms with Crippen molar-refractivity contribution >= 4 is 0 Å². The molecule has 1 rings (SSSR count). The lowest BCUT2D eigenvalue weighted by atomic mass is 9.98. The van der Waals surface area contributed by atoms with Crippen LogP contribution in [-0.2, 0) is 11.3 Å². The molecule has 0 aliphatic heterocycles. The van der Waals surface area contributed by atoms with Gasteiger partial charge in [-0.05, 0) is 17.9 Å². The van der Waals surface area contributed by atoms with Gasteiger partial charge in [0.2, 0.25) is 0 Å². The van der Waals surface area contributed by atoms with Crippen molar-refractivity contribution in [1.82, 2.24) is 0 Å². The summed E-state index contributed by atoms with van der Waals surface area (Å²) < 4.78 is 5.62. The van der Waals surface area contributed by atoms with E-state index < -0.39 is 0 Å². The summed E-state index contributed by atoms with van der Waals surface area (Å²) in [6, 6.07) is 10.4. The molecule has 2 unspecified atom stereocenters. The Balaban J connectivity index is 2.20. The van der Waals surface area contributed by atoms with Gasteiger partial charge in [-0.15, -0.1) is 0 Å². The van der Waals surface area contributed by atoms with Crippen LogP contribution in [0.5, 0.6) is 0 Å². The normalized spacial score (nSPS) is 14.7. The summed E-state index contributed by atoms with van der Waals surface area (Å²) in [7, 11) is 0. The Kier molecular flexibility index (Phi) is 6.12. The van der Waals surface area contributed by atoms with Crippen LogP contribution >= 0.6 is 0 Å². The molecule has 0 aliphatic rings. The summed E-state index contributed by atoms with van der Waals surface area (Å²) in [5.41, 5.74) is 7.25.